The molecular formula is C15H27N5O. The van der Waals surface area contributed by atoms with Gasteiger partial charge in [0.15, 0.2) is 0 Å². The number of aromatic nitrogens is 2. The van der Waals surface area contributed by atoms with Crippen LogP contribution in [0.25, 0.3) is 0 Å². The van der Waals surface area contributed by atoms with E-state index in [2.05, 4.69) is 36.1 Å². The molecule has 1 atom stereocenters. The summed E-state index contributed by atoms with van der Waals surface area (Å²) in [6.07, 6.45) is 2.52. The minimum absolute atomic E-state index is 0.140. The Morgan fingerprint density at radius 1 is 1.29 bits per heavy atom. The zero-order chi connectivity index (χ0) is 15.7. The second-order valence-electron chi connectivity index (χ2n) is 7.17. The lowest BCUT2D eigenvalue weighted by atomic mass is 9.96. The molecule has 2 rings (SSSR count). The topological polar surface area (TPSA) is 87.3 Å². The number of hydrogen-bond acceptors (Lipinski definition) is 6. The summed E-state index contributed by atoms with van der Waals surface area (Å²) in [6.45, 7) is 9.83. The predicted octanol–water partition coefficient (Wildman–Crippen LogP) is 1.80. The average molecular weight is 293 g/mol. The van der Waals surface area contributed by atoms with Gasteiger partial charge in [0.25, 0.3) is 0 Å². The maximum absolute atomic E-state index is 10.2. The molecule has 0 amide bonds. The highest BCUT2D eigenvalue weighted by Crippen LogP contribution is 2.27. The molecule has 118 valence electrons. The van der Waals surface area contributed by atoms with Crippen LogP contribution in [0.15, 0.2) is 6.07 Å². The fraction of sp³-hybridized carbons (Fsp3) is 0.733. The lowest BCUT2D eigenvalue weighted by Crippen LogP contribution is -2.30. The molecule has 0 aromatic carbocycles. The van der Waals surface area contributed by atoms with Crippen molar-refractivity contribution in [2.75, 3.05) is 23.4 Å². The first-order chi connectivity index (χ1) is 9.71. The molecule has 1 saturated heterocycles. The third kappa shape index (κ3) is 4.04. The maximum Gasteiger partial charge on any atom is 0.145 e. The SMILES string of the molecule is CC1(O)CCCN(c2cc(NN)nc(C(C)(C)C)n2)CC1. The summed E-state index contributed by atoms with van der Waals surface area (Å²) in [5, 5.41) is 10.2. The third-order valence-electron chi connectivity index (χ3n) is 3.92. The molecule has 1 aromatic rings. The summed E-state index contributed by atoms with van der Waals surface area (Å²) in [5.74, 6) is 7.80. The quantitative estimate of drug-likeness (QED) is 0.569. The molecular weight excluding hydrogens is 266 g/mol. The summed E-state index contributed by atoms with van der Waals surface area (Å²) in [6, 6.07) is 1.87. The molecule has 0 saturated carbocycles. The molecule has 1 aliphatic rings. The van der Waals surface area contributed by atoms with E-state index in [0.717, 1.165) is 44.0 Å². The second-order valence-corrected chi connectivity index (χ2v) is 7.17. The first-order valence-electron chi connectivity index (χ1n) is 7.55. The van der Waals surface area contributed by atoms with Crippen molar-refractivity contribution in [1.29, 1.82) is 0 Å². The molecule has 0 radical (unpaired) electrons. The maximum atomic E-state index is 10.2. The van der Waals surface area contributed by atoms with E-state index < -0.39 is 5.60 Å². The molecule has 0 spiro atoms. The van der Waals surface area contributed by atoms with Crippen molar-refractivity contribution in [1.82, 2.24) is 9.97 Å². The molecule has 0 aliphatic carbocycles. The highest BCUT2D eigenvalue weighted by molar-refractivity contribution is 5.49. The number of nitrogens with two attached hydrogens (primary N) is 1. The number of anilines is 2. The number of nitrogens with zero attached hydrogens (tertiary/aromatic N) is 3. The van der Waals surface area contributed by atoms with Crippen molar-refractivity contribution in [3.63, 3.8) is 0 Å². The number of nitrogen functional groups attached to an aromatic ring is 1. The van der Waals surface area contributed by atoms with E-state index in [1.807, 2.05) is 13.0 Å². The van der Waals surface area contributed by atoms with E-state index in [1.165, 1.54) is 0 Å². The van der Waals surface area contributed by atoms with Gasteiger partial charge in [0.05, 0.1) is 5.60 Å². The summed E-state index contributed by atoms with van der Waals surface area (Å²) in [4.78, 5) is 11.4. The Morgan fingerprint density at radius 2 is 2.00 bits per heavy atom. The Kier molecular flexibility index (Phi) is 4.39. The van der Waals surface area contributed by atoms with E-state index >= 15 is 0 Å². The lowest BCUT2D eigenvalue weighted by molar-refractivity contribution is 0.0481. The first kappa shape index (κ1) is 16.0. The van der Waals surface area contributed by atoms with Gasteiger partial charge in [0.2, 0.25) is 0 Å². The normalized spacial score (nSPS) is 23.8. The fourth-order valence-corrected chi connectivity index (χ4v) is 2.50. The number of hydrazine groups is 1. The van der Waals surface area contributed by atoms with Crippen LogP contribution in [0, 0.1) is 0 Å². The van der Waals surface area contributed by atoms with Crippen molar-refractivity contribution < 1.29 is 5.11 Å². The van der Waals surface area contributed by atoms with Gasteiger partial charge in [0, 0.05) is 24.6 Å². The van der Waals surface area contributed by atoms with Crippen molar-refractivity contribution in [3.05, 3.63) is 11.9 Å². The largest absolute Gasteiger partial charge is 0.390 e. The summed E-state index contributed by atoms with van der Waals surface area (Å²) in [5.41, 5.74) is 1.90. The van der Waals surface area contributed by atoms with Crippen LogP contribution in [0.3, 0.4) is 0 Å². The van der Waals surface area contributed by atoms with Crippen LogP contribution in [0.1, 0.15) is 52.8 Å². The van der Waals surface area contributed by atoms with Gasteiger partial charge in [-0.05, 0) is 26.2 Å². The summed E-state index contributed by atoms with van der Waals surface area (Å²) < 4.78 is 0. The van der Waals surface area contributed by atoms with Gasteiger partial charge in [-0.15, -0.1) is 0 Å². The molecule has 4 N–H and O–H groups in total. The van der Waals surface area contributed by atoms with Crippen LogP contribution >= 0.6 is 0 Å². The van der Waals surface area contributed by atoms with Crippen LogP contribution in [0.5, 0.6) is 0 Å². The number of aliphatic hydroxyl groups is 1. The molecule has 1 aromatic heterocycles. The van der Waals surface area contributed by atoms with Crippen molar-refractivity contribution >= 4 is 11.6 Å². The molecule has 1 unspecified atom stereocenters. The van der Waals surface area contributed by atoms with Crippen molar-refractivity contribution in [2.24, 2.45) is 5.84 Å². The van der Waals surface area contributed by atoms with Gasteiger partial charge < -0.3 is 15.4 Å². The minimum Gasteiger partial charge on any atom is -0.390 e. The Bertz CT molecular complexity index is 495. The van der Waals surface area contributed by atoms with Gasteiger partial charge in [-0.2, -0.15) is 0 Å². The minimum atomic E-state index is -0.580. The van der Waals surface area contributed by atoms with Gasteiger partial charge in [-0.25, -0.2) is 15.8 Å². The van der Waals surface area contributed by atoms with Gasteiger partial charge in [0.1, 0.15) is 17.5 Å². The van der Waals surface area contributed by atoms with E-state index in [0.29, 0.717) is 5.82 Å². The van der Waals surface area contributed by atoms with Crippen LogP contribution in [0.2, 0.25) is 0 Å². The molecule has 6 nitrogen and oxygen atoms in total. The Balaban J connectivity index is 2.30. The Hall–Kier alpha value is -1.40. The highest BCUT2D eigenvalue weighted by Gasteiger charge is 2.27. The Morgan fingerprint density at radius 3 is 2.62 bits per heavy atom. The standard InChI is InChI=1S/C15H27N5O/c1-14(2,3)13-17-11(19-16)10-12(18-13)20-8-5-6-15(4,21)7-9-20/h10,21H,5-9,16H2,1-4H3,(H,17,18,19). The predicted molar refractivity (Wildman–Crippen MR) is 85.2 cm³/mol. The smallest absolute Gasteiger partial charge is 0.145 e. The molecule has 21 heavy (non-hydrogen) atoms. The molecule has 6 heteroatoms. The van der Waals surface area contributed by atoms with Crippen LogP contribution in [0.4, 0.5) is 11.6 Å². The lowest BCUT2D eigenvalue weighted by Gasteiger charge is -2.26. The monoisotopic (exact) mass is 293 g/mol. The van der Waals surface area contributed by atoms with Crippen molar-refractivity contribution in [2.45, 2.75) is 58.0 Å². The number of hydrogen-bond donors (Lipinski definition) is 3. The second kappa shape index (κ2) is 5.77. The zero-order valence-corrected chi connectivity index (χ0v) is 13.5. The highest BCUT2D eigenvalue weighted by atomic mass is 16.3. The third-order valence-corrected chi connectivity index (χ3v) is 3.92. The number of nitrogens with one attached hydrogen (secondary N) is 1. The van der Waals surface area contributed by atoms with Crippen LogP contribution < -0.4 is 16.2 Å². The van der Waals surface area contributed by atoms with E-state index in [4.69, 9.17) is 10.8 Å². The van der Waals surface area contributed by atoms with Crippen LogP contribution in [-0.2, 0) is 5.41 Å². The molecule has 0 bridgehead atoms. The van der Waals surface area contributed by atoms with Gasteiger partial charge in [-0.3, -0.25) is 0 Å². The van der Waals surface area contributed by atoms with Gasteiger partial charge >= 0.3 is 0 Å². The van der Waals surface area contributed by atoms with E-state index in [9.17, 15) is 5.11 Å². The van der Waals surface area contributed by atoms with E-state index in [1.54, 1.807) is 0 Å². The molecule has 1 fully saturated rings. The number of rotatable bonds is 2. The van der Waals surface area contributed by atoms with Gasteiger partial charge in [-0.1, -0.05) is 20.8 Å². The zero-order valence-electron chi connectivity index (χ0n) is 13.5. The van der Waals surface area contributed by atoms with Crippen molar-refractivity contribution in [3.8, 4) is 0 Å². The summed E-state index contributed by atoms with van der Waals surface area (Å²) in [7, 11) is 0. The summed E-state index contributed by atoms with van der Waals surface area (Å²) >= 11 is 0. The average Bonchev–Trinajstić information content (AvgIpc) is 2.58. The van der Waals surface area contributed by atoms with Crippen LogP contribution in [-0.4, -0.2) is 33.8 Å². The van der Waals surface area contributed by atoms with E-state index in [-0.39, 0.29) is 5.41 Å². The molecule has 2 heterocycles. The first-order valence-corrected chi connectivity index (χ1v) is 7.55. The Labute approximate surface area is 126 Å². The fourth-order valence-electron chi connectivity index (χ4n) is 2.50. The molecule has 1 aliphatic heterocycles.